The minimum Gasteiger partial charge on any atom is -0.478 e. The number of benzene rings is 2. The Hall–Kier alpha value is -3.94. The highest BCUT2D eigenvalue weighted by Gasteiger charge is 2.22. The lowest BCUT2D eigenvalue weighted by atomic mass is 10.0. The lowest BCUT2D eigenvalue weighted by Crippen LogP contribution is -2.33. The molecule has 0 bridgehead atoms. The van der Waals surface area contributed by atoms with E-state index in [2.05, 4.69) is 23.8 Å². The third-order valence-corrected chi connectivity index (χ3v) is 5.61. The van der Waals surface area contributed by atoms with Gasteiger partial charge in [-0.15, -0.1) is 0 Å². The van der Waals surface area contributed by atoms with Gasteiger partial charge in [0, 0.05) is 18.7 Å². The van der Waals surface area contributed by atoms with E-state index in [9.17, 15) is 19.5 Å². The van der Waals surface area contributed by atoms with Crippen LogP contribution in [0.5, 0.6) is 0 Å². The fraction of sp³-hybridized carbons (Fsp3) is 0.333. The number of aromatic amines is 1. The average Bonchev–Trinajstić information content (AvgIpc) is 3.37. The summed E-state index contributed by atoms with van der Waals surface area (Å²) in [5.41, 5.74) is 1.50. The number of aromatic carboxylic acids is 1. The molecule has 2 N–H and O–H groups in total. The minimum absolute atomic E-state index is 0.0438. The molecule has 0 spiro atoms. The number of amides is 1. The van der Waals surface area contributed by atoms with Crippen molar-refractivity contribution in [1.29, 1.82) is 0 Å². The van der Waals surface area contributed by atoms with Gasteiger partial charge in [0.1, 0.15) is 18.1 Å². The second-order valence-corrected chi connectivity index (χ2v) is 8.27. The zero-order valence-corrected chi connectivity index (χ0v) is 20.1. The van der Waals surface area contributed by atoms with Gasteiger partial charge in [-0.1, -0.05) is 57.0 Å². The summed E-state index contributed by atoms with van der Waals surface area (Å²) < 4.78 is 5.44. The van der Waals surface area contributed by atoms with Gasteiger partial charge in [-0.3, -0.25) is 4.79 Å². The fourth-order valence-corrected chi connectivity index (χ4v) is 3.60. The number of carboxylic acids is 1. The first kappa shape index (κ1) is 25.7. The molecule has 3 aromatic rings. The van der Waals surface area contributed by atoms with Crippen molar-refractivity contribution >= 4 is 17.8 Å². The van der Waals surface area contributed by atoms with Gasteiger partial charge < -0.3 is 19.7 Å². The van der Waals surface area contributed by atoms with Gasteiger partial charge in [0.2, 0.25) is 0 Å². The molecule has 1 amide bonds. The number of hydrogen-bond donors (Lipinski definition) is 2. The highest BCUT2D eigenvalue weighted by Crippen LogP contribution is 2.24. The number of nitrogens with zero attached hydrogens (tertiary/aromatic N) is 2. The molecule has 0 saturated heterocycles. The predicted molar refractivity (Wildman–Crippen MR) is 132 cm³/mol. The van der Waals surface area contributed by atoms with Crippen molar-refractivity contribution in [2.45, 2.75) is 46.1 Å². The molecule has 0 unspecified atom stereocenters. The number of aromatic nitrogens is 2. The van der Waals surface area contributed by atoms with Gasteiger partial charge in [0.15, 0.2) is 0 Å². The van der Waals surface area contributed by atoms with E-state index in [1.54, 1.807) is 0 Å². The smallest absolute Gasteiger partial charge is 0.339 e. The molecule has 3 rings (SSSR count). The quantitative estimate of drug-likeness (QED) is 0.348. The lowest BCUT2D eigenvalue weighted by molar-refractivity contribution is 0.0473. The third-order valence-electron chi connectivity index (χ3n) is 5.61. The zero-order valence-electron chi connectivity index (χ0n) is 20.1. The Morgan fingerprint density at radius 2 is 1.69 bits per heavy atom. The van der Waals surface area contributed by atoms with Crippen molar-refractivity contribution in [3.8, 4) is 11.4 Å². The molecule has 0 saturated carbocycles. The van der Waals surface area contributed by atoms with Crippen molar-refractivity contribution < 1.29 is 24.2 Å². The first-order valence-electron chi connectivity index (χ1n) is 11.9. The van der Waals surface area contributed by atoms with Crippen LogP contribution >= 0.6 is 0 Å². The van der Waals surface area contributed by atoms with Crippen LogP contribution in [0.25, 0.3) is 11.4 Å². The summed E-state index contributed by atoms with van der Waals surface area (Å²) in [6.45, 7) is 5.52. The van der Waals surface area contributed by atoms with Crippen LogP contribution in [0.4, 0.5) is 0 Å². The standard InChI is InChI=1S/C27H31N3O5/c1-3-5-14-30(15-6-4-2)25(31)23-17-28-24(29-23)21-13-12-20(26(32)33)16-22(21)27(34)35-18-19-10-8-7-9-11-19/h7-13,16-17H,3-6,14-15,18H2,1-2H3,(H,28,29)(H,32,33). The maximum atomic E-state index is 13.1. The Morgan fingerprint density at radius 3 is 2.31 bits per heavy atom. The Labute approximate surface area is 205 Å². The summed E-state index contributed by atoms with van der Waals surface area (Å²) in [5.74, 6) is -1.70. The minimum atomic E-state index is -1.16. The Morgan fingerprint density at radius 1 is 1.00 bits per heavy atom. The molecule has 8 nitrogen and oxygen atoms in total. The van der Waals surface area contributed by atoms with Crippen LogP contribution in [0.15, 0.2) is 54.7 Å². The molecule has 0 atom stereocenters. The van der Waals surface area contributed by atoms with Gasteiger partial charge in [-0.2, -0.15) is 0 Å². The van der Waals surface area contributed by atoms with Crippen molar-refractivity contribution in [1.82, 2.24) is 14.9 Å². The number of carbonyl (C=O) groups is 3. The summed E-state index contributed by atoms with van der Waals surface area (Å²) in [4.78, 5) is 46.7. The summed E-state index contributed by atoms with van der Waals surface area (Å²) in [5, 5.41) is 9.41. The number of carboxylic acid groups (broad SMARTS) is 1. The highest BCUT2D eigenvalue weighted by molar-refractivity contribution is 6.00. The first-order chi connectivity index (χ1) is 16.9. The number of rotatable bonds is 12. The Bertz CT molecular complexity index is 1150. The van der Waals surface area contributed by atoms with Crippen molar-refractivity contribution in [2.24, 2.45) is 0 Å². The Kier molecular flexibility index (Phi) is 9.17. The molecule has 0 aliphatic rings. The largest absolute Gasteiger partial charge is 0.478 e. The van der Waals surface area contributed by atoms with E-state index >= 15 is 0 Å². The predicted octanol–water partition coefficient (Wildman–Crippen LogP) is 5.17. The molecular weight excluding hydrogens is 446 g/mol. The Balaban J connectivity index is 1.88. The number of hydrogen-bond acceptors (Lipinski definition) is 5. The fourth-order valence-electron chi connectivity index (χ4n) is 3.60. The number of carbonyl (C=O) groups excluding carboxylic acids is 2. The van der Waals surface area contributed by atoms with Gasteiger partial charge >= 0.3 is 11.9 Å². The molecule has 1 aromatic heterocycles. The maximum absolute atomic E-state index is 13.1. The van der Waals surface area contributed by atoms with E-state index in [4.69, 9.17) is 4.74 Å². The number of unbranched alkanes of at least 4 members (excludes halogenated alkanes) is 2. The SMILES string of the molecule is CCCCN(CCCC)C(=O)c1cnc(-c2ccc(C(=O)O)cc2C(=O)OCc2ccccc2)[nH]1. The van der Waals surface area contributed by atoms with Gasteiger partial charge in [-0.25, -0.2) is 14.6 Å². The van der Waals surface area contributed by atoms with E-state index < -0.39 is 11.9 Å². The summed E-state index contributed by atoms with van der Waals surface area (Å²) in [6, 6.07) is 13.4. The van der Waals surface area contributed by atoms with Gasteiger partial charge in [0.25, 0.3) is 5.91 Å². The number of nitrogens with one attached hydrogen (secondary N) is 1. The molecule has 8 heteroatoms. The van der Waals surface area contributed by atoms with Crippen LogP contribution in [0.1, 0.15) is 76.3 Å². The van der Waals surface area contributed by atoms with Crippen LogP contribution in [-0.2, 0) is 11.3 Å². The molecule has 0 aliphatic heterocycles. The number of imidazole rings is 1. The summed E-state index contributed by atoms with van der Waals surface area (Å²) >= 11 is 0. The topological polar surface area (TPSA) is 113 Å². The maximum Gasteiger partial charge on any atom is 0.339 e. The van der Waals surface area contributed by atoms with E-state index in [0.717, 1.165) is 31.2 Å². The van der Waals surface area contributed by atoms with E-state index in [-0.39, 0.29) is 23.6 Å². The van der Waals surface area contributed by atoms with Gasteiger partial charge in [0.05, 0.1) is 17.3 Å². The zero-order chi connectivity index (χ0) is 25.2. The molecular formula is C27H31N3O5. The van der Waals surface area contributed by atoms with E-state index in [1.165, 1.54) is 24.4 Å². The van der Waals surface area contributed by atoms with E-state index in [0.29, 0.717) is 30.2 Å². The van der Waals surface area contributed by atoms with E-state index in [1.807, 2.05) is 35.2 Å². The van der Waals surface area contributed by atoms with Gasteiger partial charge in [-0.05, 0) is 36.6 Å². The van der Waals surface area contributed by atoms with Crippen LogP contribution in [0.2, 0.25) is 0 Å². The van der Waals surface area contributed by atoms with Crippen LogP contribution < -0.4 is 0 Å². The molecule has 1 heterocycles. The summed E-state index contributed by atoms with van der Waals surface area (Å²) in [6.07, 6.45) is 5.23. The molecule has 2 aromatic carbocycles. The molecule has 0 radical (unpaired) electrons. The van der Waals surface area contributed by atoms with Crippen LogP contribution in [-0.4, -0.2) is 50.9 Å². The molecule has 35 heavy (non-hydrogen) atoms. The number of H-pyrrole nitrogens is 1. The normalized spacial score (nSPS) is 10.7. The van der Waals surface area contributed by atoms with Crippen molar-refractivity contribution in [3.05, 3.63) is 77.1 Å². The van der Waals surface area contributed by atoms with Crippen molar-refractivity contribution in [2.75, 3.05) is 13.1 Å². The van der Waals surface area contributed by atoms with Crippen molar-refractivity contribution in [3.63, 3.8) is 0 Å². The van der Waals surface area contributed by atoms with Crippen LogP contribution in [0.3, 0.4) is 0 Å². The number of esters is 1. The second-order valence-electron chi connectivity index (χ2n) is 8.27. The number of ether oxygens (including phenoxy) is 1. The second kappa shape index (κ2) is 12.5. The third kappa shape index (κ3) is 6.79. The lowest BCUT2D eigenvalue weighted by Gasteiger charge is -2.21. The average molecular weight is 478 g/mol. The molecule has 0 aliphatic carbocycles. The first-order valence-corrected chi connectivity index (χ1v) is 11.9. The highest BCUT2D eigenvalue weighted by atomic mass is 16.5. The summed E-state index contributed by atoms with van der Waals surface area (Å²) in [7, 11) is 0. The molecule has 0 fully saturated rings. The molecule has 184 valence electrons. The van der Waals surface area contributed by atoms with Crippen LogP contribution in [0, 0.1) is 0 Å². The monoisotopic (exact) mass is 477 g/mol.